The monoisotopic (exact) mass is 337 g/mol. The molecular weight excluding hydrogens is 314 g/mol. The summed E-state index contributed by atoms with van der Waals surface area (Å²) in [4.78, 5) is 26.9. The lowest BCUT2D eigenvalue weighted by Gasteiger charge is -2.41. The zero-order chi connectivity index (χ0) is 17.9. The van der Waals surface area contributed by atoms with Gasteiger partial charge in [0.25, 0.3) is 0 Å². The summed E-state index contributed by atoms with van der Waals surface area (Å²) in [5, 5.41) is 0. The second-order valence-corrected chi connectivity index (χ2v) is 6.57. The van der Waals surface area contributed by atoms with Crippen molar-refractivity contribution in [1.82, 2.24) is 0 Å². The molecule has 1 heterocycles. The predicted octanol–water partition coefficient (Wildman–Crippen LogP) is 3.39. The Balaban J connectivity index is 2.05. The van der Waals surface area contributed by atoms with Crippen LogP contribution in [-0.2, 0) is 27.2 Å². The summed E-state index contributed by atoms with van der Waals surface area (Å²) in [5.74, 6) is -0.298. The van der Waals surface area contributed by atoms with Crippen molar-refractivity contribution in [2.24, 2.45) is 5.41 Å². The van der Waals surface area contributed by atoms with Crippen LogP contribution in [0, 0.1) is 5.41 Å². The smallest absolute Gasteiger partial charge is 0.314 e. The van der Waals surface area contributed by atoms with Gasteiger partial charge >= 0.3 is 5.97 Å². The molecule has 3 rings (SSSR count). The highest BCUT2D eigenvalue weighted by molar-refractivity contribution is 5.95. The number of hydrogen-bond acceptors (Lipinski definition) is 3. The summed E-state index contributed by atoms with van der Waals surface area (Å²) in [6.45, 7) is 4.03. The van der Waals surface area contributed by atoms with E-state index in [1.807, 2.05) is 61.5 Å². The SMILES string of the molecule is CCOC(=O)[C@]1(Cc2ccccc2)Cc2ccccc2N(C(C)=O)C1. The second-order valence-electron chi connectivity index (χ2n) is 6.57. The summed E-state index contributed by atoms with van der Waals surface area (Å²) in [5.41, 5.74) is 2.20. The van der Waals surface area contributed by atoms with Crippen molar-refractivity contribution in [1.29, 1.82) is 0 Å². The van der Waals surface area contributed by atoms with Crippen LogP contribution in [-0.4, -0.2) is 25.0 Å². The minimum atomic E-state index is -0.766. The maximum atomic E-state index is 12.9. The van der Waals surface area contributed by atoms with Gasteiger partial charge in [0.2, 0.25) is 5.91 Å². The predicted molar refractivity (Wildman–Crippen MR) is 97.4 cm³/mol. The second kappa shape index (κ2) is 7.09. The Hall–Kier alpha value is -2.62. The van der Waals surface area contributed by atoms with Gasteiger partial charge in [-0.15, -0.1) is 0 Å². The number of rotatable bonds is 4. The molecule has 1 atom stereocenters. The van der Waals surface area contributed by atoms with Crippen LogP contribution in [0.15, 0.2) is 54.6 Å². The molecule has 1 aliphatic rings. The summed E-state index contributed by atoms with van der Waals surface area (Å²) >= 11 is 0. The van der Waals surface area contributed by atoms with Crippen molar-refractivity contribution in [2.45, 2.75) is 26.7 Å². The number of benzene rings is 2. The van der Waals surface area contributed by atoms with E-state index in [9.17, 15) is 9.59 Å². The maximum absolute atomic E-state index is 12.9. The van der Waals surface area contributed by atoms with Crippen molar-refractivity contribution in [3.8, 4) is 0 Å². The van der Waals surface area contributed by atoms with Gasteiger partial charge in [0.1, 0.15) is 0 Å². The zero-order valence-corrected chi connectivity index (χ0v) is 14.7. The number of carbonyl (C=O) groups is 2. The molecule has 4 heteroatoms. The standard InChI is InChI=1S/C21H23NO3/c1-3-25-20(24)21(13-17-9-5-4-6-10-17)14-18-11-7-8-12-19(18)22(15-21)16(2)23/h4-12H,3,13-15H2,1-2H3/t21-/m1/s1. The molecule has 0 unspecified atom stereocenters. The highest BCUT2D eigenvalue weighted by Crippen LogP contribution is 2.40. The number of ether oxygens (including phenoxy) is 1. The molecule has 2 aromatic rings. The van der Waals surface area contributed by atoms with Crippen LogP contribution in [0.25, 0.3) is 0 Å². The van der Waals surface area contributed by atoms with Crippen molar-refractivity contribution >= 4 is 17.6 Å². The lowest BCUT2D eigenvalue weighted by molar-refractivity contribution is -0.155. The van der Waals surface area contributed by atoms with Crippen LogP contribution >= 0.6 is 0 Å². The molecule has 0 saturated heterocycles. The molecule has 0 fully saturated rings. The Kier molecular flexibility index (Phi) is 4.88. The lowest BCUT2D eigenvalue weighted by atomic mass is 9.73. The van der Waals surface area contributed by atoms with Crippen LogP contribution in [0.5, 0.6) is 0 Å². The first-order valence-corrected chi connectivity index (χ1v) is 8.63. The van der Waals surface area contributed by atoms with E-state index in [1.165, 1.54) is 0 Å². The summed E-state index contributed by atoms with van der Waals surface area (Å²) in [7, 11) is 0. The first kappa shape index (κ1) is 17.2. The Morgan fingerprint density at radius 1 is 1.08 bits per heavy atom. The van der Waals surface area contributed by atoms with E-state index in [2.05, 4.69) is 0 Å². The van der Waals surface area contributed by atoms with E-state index >= 15 is 0 Å². The third kappa shape index (κ3) is 3.43. The Bertz CT molecular complexity index is 772. The average Bonchev–Trinajstić information content (AvgIpc) is 2.62. The van der Waals surface area contributed by atoms with Gasteiger partial charge in [0.05, 0.1) is 12.0 Å². The van der Waals surface area contributed by atoms with Gasteiger partial charge in [-0.3, -0.25) is 9.59 Å². The minimum Gasteiger partial charge on any atom is -0.465 e. The van der Waals surface area contributed by atoms with E-state index < -0.39 is 5.41 Å². The van der Waals surface area contributed by atoms with Gasteiger partial charge in [0.15, 0.2) is 0 Å². The topological polar surface area (TPSA) is 46.6 Å². The van der Waals surface area contributed by atoms with Gasteiger partial charge in [0, 0.05) is 19.2 Å². The molecule has 0 radical (unpaired) electrons. The largest absolute Gasteiger partial charge is 0.465 e. The number of amides is 1. The average molecular weight is 337 g/mol. The quantitative estimate of drug-likeness (QED) is 0.804. The van der Waals surface area contributed by atoms with Crippen LogP contribution in [0.1, 0.15) is 25.0 Å². The van der Waals surface area contributed by atoms with Crippen LogP contribution < -0.4 is 4.90 Å². The number of nitrogens with zero attached hydrogens (tertiary/aromatic N) is 1. The number of fused-ring (bicyclic) bond motifs is 1. The van der Waals surface area contributed by atoms with Gasteiger partial charge in [-0.05, 0) is 37.0 Å². The Morgan fingerprint density at radius 2 is 1.76 bits per heavy atom. The first-order chi connectivity index (χ1) is 12.1. The first-order valence-electron chi connectivity index (χ1n) is 8.63. The molecule has 0 bridgehead atoms. The Labute approximate surface area is 148 Å². The molecule has 2 aromatic carbocycles. The molecule has 130 valence electrons. The van der Waals surface area contributed by atoms with Crippen LogP contribution in [0.4, 0.5) is 5.69 Å². The van der Waals surface area contributed by atoms with E-state index in [-0.39, 0.29) is 11.9 Å². The number of hydrogen-bond donors (Lipinski definition) is 0. The number of esters is 1. The highest BCUT2D eigenvalue weighted by atomic mass is 16.5. The van der Waals surface area contributed by atoms with Gasteiger partial charge < -0.3 is 9.64 Å². The fraction of sp³-hybridized carbons (Fsp3) is 0.333. The molecule has 0 N–H and O–H groups in total. The summed E-state index contributed by atoms with van der Waals surface area (Å²) < 4.78 is 5.42. The Morgan fingerprint density at radius 3 is 2.44 bits per heavy atom. The number of para-hydroxylation sites is 1. The fourth-order valence-corrected chi connectivity index (χ4v) is 3.61. The molecule has 0 saturated carbocycles. The van der Waals surface area contributed by atoms with E-state index in [4.69, 9.17) is 4.74 Å². The van der Waals surface area contributed by atoms with E-state index in [0.29, 0.717) is 26.0 Å². The normalized spacial score (nSPS) is 19.2. The summed E-state index contributed by atoms with van der Waals surface area (Å²) in [6, 6.07) is 17.7. The molecule has 0 aromatic heterocycles. The fourth-order valence-electron chi connectivity index (χ4n) is 3.61. The molecule has 0 aliphatic carbocycles. The third-order valence-corrected chi connectivity index (χ3v) is 4.75. The molecule has 25 heavy (non-hydrogen) atoms. The van der Waals surface area contributed by atoms with Gasteiger partial charge in [-0.2, -0.15) is 0 Å². The molecule has 1 amide bonds. The third-order valence-electron chi connectivity index (χ3n) is 4.75. The number of carbonyl (C=O) groups excluding carboxylic acids is 2. The number of anilines is 1. The van der Waals surface area contributed by atoms with E-state index in [1.54, 1.807) is 11.8 Å². The van der Waals surface area contributed by atoms with Crippen molar-refractivity contribution < 1.29 is 14.3 Å². The summed E-state index contributed by atoms with van der Waals surface area (Å²) in [6.07, 6.45) is 1.12. The lowest BCUT2D eigenvalue weighted by Crippen LogP contribution is -2.52. The minimum absolute atomic E-state index is 0.0612. The maximum Gasteiger partial charge on any atom is 0.314 e. The van der Waals surface area contributed by atoms with Gasteiger partial charge in [-0.25, -0.2) is 0 Å². The molecule has 0 spiro atoms. The van der Waals surface area contributed by atoms with Crippen LogP contribution in [0.2, 0.25) is 0 Å². The van der Waals surface area contributed by atoms with Crippen LogP contribution in [0.3, 0.4) is 0 Å². The molecule has 1 aliphatic heterocycles. The zero-order valence-electron chi connectivity index (χ0n) is 14.7. The molecular formula is C21H23NO3. The van der Waals surface area contributed by atoms with Crippen molar-refractivity contribution in [3.05, 3.63) is 65.7 Å². The van der Waals surface area contributed by atoms with E-state index in [0.717, 1.165) is 16.8 Å². The molecule has 4 nitrogen and oxygen atoms in total. The van der Waals surface area contributed by atoms with Gasteiger partial charge in [-0.1, -0.05) is 48.5 Å². The van der Waals surface area contributed by atoms with Crippen molar-refractivity contribution in [2.75, 3.05) is 18.1 Å². The van der Waals surface area contributed by atoms with Crippen molar-refractivity contribution in [3.63, 3.8) is 0 Å². The highest BCUT2D eigenvalue weighted by Gasteiger charge is 2.46.